The van der Waals surface area contributed by atoms with Crippen molar-refractivity contribution in [1.29, 1.82) is 0 Å². The van der Waals surface area contributed by atoms with Gasteiger partial charge in [0, 0.05) is 5.02 Å². The smallest absolute Gasteiger partial charge is 0.261 e. The van der Waals surface area contributed by atoms with E-state index in [4.69, 9.17) is 11.6 Å². The lowest BCUT2D eigenvalue weighted by Gasteiger charge is -2.10. The molecule has 0 saturated heterocycles. The highest BCUT2D eigenvalue weighted by Gasteiger charge is 2.28. The molecule has 5 nitrogen and oxygen atoms in total. The molecule has 3 aromatic rings. The number of hydrogen-bond donors (Lipinski definition) is 1. The van der Waals surface area contributed by atoms with Crippen LogP contribution in [-0.2, 0) is 16.6 Å². The van der Waals surface area contributed by atoms with Gasteiger partial charge in [-0.3, -0.25) is 9.40 Å². The zero-order valence-electron chi connectivity index (χ0n) is 14.5. The Kier molecular flexibility index (Phi) is 5.81. The van der Waals surface area contributed by atoms with Crippen LogP contribution in [0.5, 0.6) is 0 Å². The number of rotatable bonds is 7. The SMILES string of the molecule is C=CCn1nc(NS(=O)(=O)c2ccccc2)c(-c2ccc(Cl)cc2)c1C(F)F. The summed E-state index contributed by atoms with van der Waals surface area (Å²) in [4.78, 5) is -0.00563. The minimum Gasteiger partial charge on any atom is -0.261 e. The molecular formula is C19H16ClF2N3O2S. The number of allylic oxidation sites excluding steroid dienone is 1. The molecule has 1 N–H and O–H groups in total. The Labute approximate surface area is 166 Å². The average Bonchev–Trinajstić information content (AvgIpc) is 3.01. The van der Waals surface area contributed by atoms with Crippen LogP contribution >= 0.6 is 11.6 Å². The number of aromatic nitrogens is 2. The third-order valence-electron chi connectivity index (χ3n) is 3.92. The van der Waals surface area contributed by atoms with Gasteiger partial charge in [0.1, 0.15) is 5.69 Å². The van der Waals surface area contributed by atoms with Gasteiger partial charge in [-0.2, -0.15) is 5.10 Å². The van der Waals surface area contributed by atoms with Crippen LogP contribution in [0.1, 0.15) is 12.1 Å². The lowest BCUT2D eigenvalue weighted by molar-refractivity contribution is 0.140. The van der Waals surface area contributed by atoms with Crippen LogP contribution in [0.25, 0.3) is 11.1 Å². The summed E-state index contributed by atoms with van der Waals surface area (Å²) in [5, 5.41) is 4.50. The normalized spacial score (nSPS) is 11.6. The maximum atomic E-state index is 13.8. The first-order valence-corrected chi connectivity index (χ1v) is 10.0. The molecule has 0 aliphatic heterocycles. The van der Waals surface area contributed by atoms with E-state index in [9.17, 15) is 17.2 Å². The molecule has 28 heavy (non-hydrogen) atoms. The van der Waals surface area contributed by atoms with Gasteiger partial charge in [0.05, 0.1) is 17.0 Å². The van der Waals surface area contributed by atoms with Gasteiger partial charge < -0.3 is 0 Å². The summed E-state index contributed by atoms with van der Waals surface area (Å²) in [6, 6.07) is 13.7. The fraction of sp³-hybridized carbons (Fsp3) is 0.105. The van der Waals surface area contributed by atoms with Gasteiger partial charge in [0.2, 0.25) is 0 Å². The van der Waals surface area contributed by atoms with Crippen molar-refractivity contribution in [3.8, 4) is 11.1 Å². The molecule has 1 aromatic heterocycles. The number of anilines is 1. The number of nitrogens with one attached hydrogen (secondary N) is 1. The second-order valence-corrected chi connectivity index (χ2v) is 7.92. The van der Waals surface area contributed by atoms with Crippen molar-refractivity contribution < 1.29 is 17.2 Å². The highest BCUT2D eigenvalue weighted by molar-refractivity contribution is 7.92. The van der Waals surface area contributed by atoms with E-state index in [1.165, 1.54) is 42.5 Å². The molecule has 0 fully saturated rings. The summed E-state index contributed by atoms with van der Waals surface area (Å²) in [6.45, 7) is 3.53. The van der Waals surface area contributed by atoms with Crippen molar-refractivity contribution in [3.05, 3.63) is 78.0 Å². The van der Waals surface area contributed by atoms with E-state index in [2.05, 4.69) is 16.4 Å². The Morgan fingerprint density at radius 1 is 1.14 bits per heavy atom. The van der Waals surface area contributed by atoms with E-state index < -0.39 is 22.1 Å². The van der Waals surface area contributed by atoms with Gasteiger partial charge in [0.15, 0.2) is 5.82 Å². The van der Waals surface area contributed by atoms with Gasteiger partial charge in [0.25, 0.3) is 16.4 Å². The summed E-state index contributed by atoms with van der Waals surface area (Å²) >= 11 is 5.89. The van der Waals surface area contributed by atoms with E-state index in [-0.39, 0.29) is 22.8 Å². The van der Waals surface area contributed by atoms with Gasteiger partial charge in [-0.25, -0.2) is 17.2 Å². The van der Waals surface area contributed by atoms with Gasteiger partial charge >= 0.3 is 0 Å². The second-order valence-electron chi connectivity index (χ2n) is 5.81. The molecule has 0 aliphatic rings. The van der Waals surface area contributed by atoms with Crippen LogP contribution in [0.4, 0.5) is 14.6 Å². The molecule has 0 saturated carbocycles. The number of sulfonamides is 1. The molecule has 0 radical (unpaired) electrons. The summed E-state index contributed by atoms with van der Waals surface area (Å²) in [5.41, 5.74) is -0.0539. The molecule has 9 heteroatoms. The predicted octanol–water partition coefficient (Wildman–Crippen LogP) is 5.13. The molecule has 0 aliphatic carbocycles. The van der Waals surface area contributed by atoms with E-state index >= 15 is 0 Å². The van der Waals surface area contributed by atoms with E-state index in [0.717, 1.165) is 4.68 Å². The first-order valence-electron chi connectivity index (χ1n) is 8.17. The molecule has 0 unspecified atom stereocenters. The molecule has 0 spiro atoms. The molecule has 1 heterocycles. The molecule has 2 aromatic carbocycles. The lowest BCUT2D eigenvalue weighted by atomic mass is 10.1. The first-order chi connectivity index (χ1) is 13.3. The summed E-state index contributed by atoms with van der Waals surface area (Å²) in [5.74, 6) is -0.191. The Bertz CT molecular complexity index is 1080. The summed E-state index contributed by atoms with van der Waals surface area (Å²) in [6.07, 6.45) is -1.48. The monoisotopic (exact) mass is 423 g/mol. The van der Waals surface area contributed by atoms with Gasteiger partial charge in [-0.05, 0) is 29.8 Å². The zero-order valence-corrected chi connectivity index (χ0v) is 16.1. The Hall–Kier alpha value is -2.71. The Morgan fingerprint density at radius 3 is 2.36 bits per heavy atom. The molecule has 0 amide bonds. The molecule has 0 bridgehead atoms. The largest absolute Gasteiger partial charge is 0.280 e. The maximum absolute atomic E-state index is 13.8. The highest BCUT2D eigenvalue weighted by atomic mass is 35.5. The topological polar surface area (TPSA) is 64.0 Å². The molecular weight excluding hydrogens is 408 g/mol. The number of alkyl halides is 2. The first kappa shape index (κ1) is 20.0. The minimum atomic E-state index is -4.02. The van der Waals surface area contributed by atoms with Crippen LogP contribution in [0.15, 0.2) is 72.1 Å². The predicted molar refractivity (Wildman–Crippen MR) is 105 cm³/mol. The highest BCUT2D eigenvalue weighted by Crippen LogP contribution is 2.38. The van der Waals surface area contributed by atoms with Crippen LogP contribution in [0.3, 0.4) is 0 Å². The number of nitrogens with zero attached hydrogens (tertiary/aromatic N) is 2. The minimum absolute atomic E-state index is 0.00563. The van der Waals surface area contributed by atoms with E-state index in [0.29, 0.717) is 10.6 Å². The zero-order chi connectivity index (χ0) is 20.3. The van der Waals surface area contributed by atoms with Gasteiger partial charge in [-0.15, -0.1) is 6.58 Å². The van der Waals surface area contributed by atoms with Crippen molar-refractivity contribution in [1.82, 2.24) is 9.78 Å². The second kappa shape index (κ2) is 8.12. The van der Waals surface area contributed by atoms with Crippen LogP contribution in [-0.4, -0.2) is 18.2 Å². The van der Waals surface area contributed by atoms with Crippen molar-refractivity contribution >= 4 is 27.4 Å². The quantitative estimate of drug-likeness (QED) is 0.536. The number of hydrogen-bond acceptors (Lipinski definition) is 3. The summed E-state index contributed by atoms with van der Waals surface area (Å²) < 4.78 is 56.5. The van der Waals surface area contributed by atoms with Crippen molar-refractivity contribution in [2.75, 3.05) is 4.72 Å². The fourth-order valence-corrected chi connectivity index (χ4v) is 3.87. The molecule has 146 valence electrons. The van der Waals surface area contributed by atoms with Crippen LogP contribution in [0.2, 0.25) is 5.02 Å². The fourth-order valence-electron chi connectivity index (χ4n) is 2.72. The van der Waals surface area contributed by atoms with Crippen molar-refractivity contribution in [3.63, 3.8) is 0 Å². The average molecular weight is 424 g/mol. The maximum Gasteiger partial charge on any atom is 0.280 e. The molecule has 3 rings (SSSR count). The lowest BCUT2D eigenvalue weighted by Crippen LogP contribution is -2.14. The summed E-state index contributed by atoms with van der Waals surface area (Å²) in [7, 11) is -4.02. The number of benzene rings is 2. The number of halogens is 3. The van der Waals surface area contributed by atoms with Crippen molar-refractivity contribution in [2.45, 2.75) is 17.9 Å². The molecule has 0 atom stereocenters. The third kappa shape index (κ3) is 4.07. The van der Waals surface area contributed by atoms with Crippen molar-refractivity contribution in [2.24, 2.45) is 0 Å². The van der Waals surface area contributed by atoms with Crippen LogP contribution < -0.4 is 4.72 Å². The van der Waals surface area contributed by atoms with Gasteiger partial charge in [-0.1, -0.05) is 48.0 Å². The Morgan fingerprint density at radius 2 is 1.79 bits per heavy atom. The van der Waals surface area contributed by atoms with E-state index in [1.54, 1.807) is 18.2 Å². The van der Waals surface area contributed by atoms with Crippen LogP contribution in [0, 0.1) is 0 Å². The van der Waals surface area contributed by atoms with E-state index in [1.807, 2.05) is 0 Å². The Balaban J connectivity index is 2.18. The standard InChI is InChI=1S/C19H16ClF2N3O2S/c1-2-12-25-17(18(21)22)16(13-8-10-14(20)11-9-13)19(23-25)24-28(26,27)15-6-4-3-5-7-15/h2-11,18H,1,12H2,(H,23,24). The third-order valence-corrected chi connectivity index (χ3v) is 5.52.